The van der Waals surface area contributed by atoms with E-state index in [1.807, 2.05) is 13.8 Å². The molecule has 0 aromatic rings. The van der Waals surface area contributed by atoms with Gasteiger partial charge in [0.25, 0.3) is 0 Å². The maximum absolute atomic E-state index is 14.3. The Morgan fingerprint density at radius 1 is 0.287 bits per heavy atom. The molecule has 17 amide bonds. The van der Waals surface area contributed by atoms with E-state index in [1.54, 1.807) is 109 Å². The molecule has 0 saturated heterocycles. The number of hydrogen-bond donors (Lipinski definition) is 23. The third-order valence-electron chi connectivity index (χ3n) is 18.6. The minimum absolute atomic E-state index is 0.00741. The van der Waals surface area contributed by atoms with Gasteiger partial charge in [0.2, 0.25) is 100 Å². The Kier molecular flexibility index (Phi) is 54.8. The van der Waals surface area contributed by atoms with Crippen molar-refractivity contribution in [3.05, 3.63) is 0 Å². The molecular weight excluding hydrogens is 1670 g/mol. The Morgan fingerprint density at radius 2 is 0.549 bits per heavy atom. The average Bonchev–Trinajstić information content (AvgIpc) is 0.841. The molecule has 39 nitrogen and oxygen atoms in total. The summed E-state index contributed by atoms with van der Waals surface area (Å²) in [6.45, 7) is 29.4. The fourth-order valence-electron chi connectivity index (χ4n) is 12.0. The number of aliphatic hydroxyl groups is 2. The second-order valence-corrected chi connectivity index (χ2v) is 36.4. The molecule has 17 atom stereocenters. The molecule has 0 heterocycles. The summed E-state index contributed by atoms with van der Waals surface area (Å²) in [7, 11) is 0. The van der Waals surface area contributed by atoms with Crippen LogP contribution in [0.25, 0.3) is 0 Å². The predicted molar refractivity (Wildman–Crippen MR) is 471 cm³/mol. The molecule has 0 rings (SSSR count). The second kappa shape index (κ2) is 58.8. The fraction of sp³-hybridized carbons (Fsp3) is 0.772. The Hall–Kier alpha value is -8.26. The summed E-state index contributed by atoms with van der Waals surface area (Å²) >= 11 is 11.0. The highest BCUT2D eigenvalue weighted by atomic mass is 32.2. The number of amides is 17. The zero-order chi connectivity index (χ0) is 93.9. The molecule has 22 N–H and O–H groups in total. The fourth-order valence-corrected chi connectivity index (χ4v) is 13.3. The van der Waals surface area contributed by atoms with E-state index in [1.165, 1.54) is 44.3 Å². The lowest BCUT2D eigenvalue weighted by Gasteiger charge is -2.30. The molecule has 0 unspecified atom stereocenters. The van der Waals surface area contributed by atoms with E-state index in [0.29, 0.717) is 5.75 Å². The van der Waals surface area contributed by atoms with Crippen molar-refractivity contribution in [1.29, 1.82) is 0 Å². The first-order valence-electron chi connectivity index (χ1n) is 41.4. The molecule has 0 aromatic carbocycles. The van der Waals surface area contributed by atoms with Crippen LogP contribution in [0.3, 0.4) is 0 Å². The minimum Gasteiger partial charge on any atom is -0.480 e. The number of carboxylic acid groups (broad SMARTS) is 1. The third-order valence-corrected chi connectivity index (χ3v) is 20.6. The number of carboxylic acids is 1. The van der Waals surface area contributed by atoms with E-state index >= 15 is 0 Å². The molecule has 0 radical (unpaired) electrons. The van der Waals surface area contributed by atoms with Gasteiger partial charge in [-0.15, -0.1) is 0 Å². The van der Waals surface area contributed by atoms with Crippen LogP contribution < -0.4 is 96.1 Å². The third kappa shape index (κ3) is 44.9. The molecule has 0 spiro atoms. The van der Waals surface area contributed by atoms with Crippen LogP contribution >= 0.6 is 48.8 Å². The number of rotatable bonds is 59. The van der Waals surface area contributed by atoms with Crippen LogP contribution in [-0.2, 0) is 86.3 Å². The first kappa shape index (κ1) is 114. The monoisotopic (exact) mass is 1810 g/mol. The molecule has 0 aliphatic rings. The summed E-state index contributed by atoms with van der Waals surface area (Å²) in [5.41, 5.74) is 5.76. The van der Waals surface area contributed by atoms with Crippen molar-refractivity contribution in [3.63, 3.8) is 0 Å². The van der Waals surface area contributed by atoms with Gasteiger partial charge in [-0.25, -0.2) is 4.79 Å². The number of nitrogens with two attached hydrogens (primary N) is 1. The molecular formula is C79H142N18O21S4. The summed E-state index contributed by atoms with van der Waals surface area (Å²) in [6, 6.07) is -20.1. The quantitative estimate of drug-likeness (QED) is 0.0275. The summed E-state index contributed by atoms with van der Waals surface area (Å²) in [6.07, 6.45) is 0.689. The van der Waals surface area contributed by atoms with Gasteiger partial charge in [-0.3, -0.25) is 81.5 Å². The summed E-state index contributed by atoms with van der Waals surface area (Å²) in [4.78, 5) is 245. The van der Waals surface area contributed by atoms with Crippen molar-refractivity contribution in [2.45, 2.75) is 286 Å². The number of hydrogen-bond acceptors (Lipinski definition) is 25. The smallest absolute Gasteiger partial charge is 0.326 e. The normalized spacial score (nSPS) is 15.7. The number of aliphatic carboxylic acids is 1. The predicted octanol–water partition coefficient (Wildman–Crippen LogP) is -2.73. The Labute approximate surface area is 737 Å². The zero-order valence-electron chi connectivity index (χ0n) is 74.5. The van der Waals surface area contributed by atoms with E-state index in [0.717, 1.165) is 0 Å². The Bertz CT molecular complexity index is 3450. The van der Waals surface area contributed by atoms with Crippen molar-refractivity contribution < 1.29 is 102 Å². The van der Waals surface area contributed by atoms with Gasteiger partial charge in [0.05, 0.1) is 37.9 Å². The van der Waals surface area contributed by atoms with Crippen LogP contribution in [0, 0.1) is 47.3 Å². The summed E-state index contributed by atoms with van der Waals surface area (Å²) in [5.74, 6) is -17.7. The van der Waals surface area contributed by atoms with Gasteiger partial charge >= 0.3 is 5.97 Å². The topological polar surface area (TPSA) is 598 Å². The largest absolute Gasteiger partial charge is 0.480 e. The highest BCUT2D eigenvalue weighted by molar-refractivity contribution is 7.98. The van der Waals surface area contributed by atoms with E-state index in [9.17, 15) is 102 Å². The Morgan fingerprint density at radius 3 is 0.877 bits per heavy atom. The van der Waals surface area contributed by atoms with E-state index in [-0.39, 0.29) is 104 Å². The maximum Gasteiger partial charge on any atom is 0.326 e. The number of aliphatic hydroxyl groups excluding tert-OH is 2. The Balaban J connectivity index is 6.40. The number of thioether (sulfide) groups is 2. The van der Waals surface area contributed by atoms with Crippen molar-refractivity contribution in [2.75, 3.05) is 55.2 Å². The van der Waals surface area contributed by atoms with Crippen LogP contribution in [0.15, 0.2) is 0 Å². The summed E-state index contributed by atoms with van der Waals surface area (Å²) in [5, 5.41) is 74.5. The average molecular weight is 1810 g/mol. The van der Waals surface area contributed by atoms with Gasteiger partial charge in [-0.1, -0.05) is 111 Å². The lowest BCUT2D eigenvalue weighted by Crippen LogP contribution is -2.62. The van der Waals surface area contributed by atoms with E-state index in [4.69, 9.17) is 5.73 Å². The molecule has 43 heteroatoms. The standard InChI is InChI=1S/C79H142N18O21S4/c1-37(2)26-51(89-66(104)48(80)35-119)67(105)83-32-58(100)81-33-59(101)85-52(27-38(3)4)71(109)90-55(30-41(9)10)73(111)96-63(46(18)98)77(115)87-49(22-24-121-20)68(106)94-61(43(13)14)76(114)93-57(36-120)75(113)92-54(29-40(7)8)70(108)84-45(17)65(103)82-34-60(102)86-53(28-39(5)6)72(110)91-56(31-42(11)12)74(112)97-64(47(19)99)78(116)88-50(23-25-122-21)69(107)95-62(44(15)16)79(117)118/h37-57,61-64,98-99,119-120H,22-36,80H2,1-21H3,(H,81,100)(H,82,103)(H,83,105)(H,84,108)(H,85,101)(H,86,102)(H,87,115)(H,88,116)(H,89,104)(H,90,109)(H,91,110)(H,92,113)(H,93,114)(H,94,106)(H,95,107)(H,96,111)(H,97,112)(H,117,118)/t45-,46+,47+,48-,49-,50-,51-,52-,53-,54-,55-,56-,57-,61-,62-,63-,64-/m0/s1. The molecule has 0 bridgehead atoms. The van der Waals surface area contributed by atoms with Crippen LogP contribution in [0.4, 0.5) is 0 Å². The first-order chi connectivity index (χ1) is 56.7. The first-order valence-corrected chi connectivity index (χ1v) is 45.4. The maximum atomic E-state index is 14.3. The van der Waals surface area contributed by atoms with Gasteiger partial charge in [-0.2, -0.15) is 48.8 Å². The highest BCUT2D eigenvalue weighted by Gasteiger charge is 2.40. The van der Waals surface area contributed by atoms with Gasteiger partial charge in [0.1, 0.15) is 84.6 Å². The molecule has 0 aromatic heterocycles. The van der Waals surface area contributed by atoms with Crippen LogP contribution in [0.2, 0.25) is 0 Å². The lowest BCUT2D eigenvalue weighted by molar-refractivity contribution is -0.143. The van der Waals surface area contributed by atoms with Crippen molar-refractivity contribution in [1.82, 2.24) is 90.4 Å². The van der Waals surface area contributed by atoms with Crippen LogP contribution in [-0.4, -0.2) is 280 Å². The SMILES string of the molecule is CSCC[C@H](NC(=O)[C@@H](NC(=O)[C@H](CC(C)C)NC(=O)[C@H](CC(C)C)NC(=O)CNC(=O)[C@H](C)NC(=O)[C@H](CC(C)C)NC(=O)[C@H](CS)NC(=O)[C@@H](NC(=O)[C@H](CCSC)NC(=O)[C@@H](NC(=O)[C@H](CC(C)C)NC(=O)[C@H](CC(C)C)NC(=O)CNC(=O)CNC(=O)[C@H](CC(C)C)NC(=O)[C@@H](N)CS)[C@@H](C)O)C(C)C)[C@@H](C)O)C(=O)N[C@H](C(=O)O)C(C)C. The molecule has 0 aliphatic carbocycles. The van der Waals surface area contributed by atoms with E-state index < -0.39 is 241 Å². The molecule has 0 saturated carbocycles. The summed E-state index contributed by atoms with van der Waals surface area (Å²) < 4.78 is 0. The van der Waals surface area contributed by atoms with Gasteiger partial charge in [0.15, 0.2) is 0 Å². The molecule has 122 heavy (non-hydrogen) atoms. The van der Waals surface area contributed by atoms with Gasteiger partial charge in [0, 0.05) is 11.5 Å². The van der Waals surface area contributed by atoms with Gasteiger partial charge in [-0.05, 0) is 143 Å². The van der Waals surface area contributed by atoms with Gasteiger partial charge < -0.3 is 111 Å². The number of carbonyl (C=O) groups excluding carboxylic acids is 17. The lowest BCUT2D eigenvalue weighted by atomic mass is 9.99. The van der Waals surface area contributed by atoms with Crippen molar-refractivity contribution in [2.24, 2.45) is 53.1 Å². The number of thiol groups is 2. The molecule has 0 fully saturated rings. The number of nitrogens with one attached hydrogen (secondary N) is 17. The second-order valence-electron chi connectivity index (χ2n) is 33.7. The zero-order valence-corrected chi connectivity index (χ0v) is 77.9. The molecule has 0 aliphatic heterocycles. The highest BCUT2D eigenvalue weighted by Crippen LogP contribution is 2.17. The molecule has 698 valence electrons. The number of carbonyl (C=O) groups is 18. The van der Waals surface area contributed by atoms with E-state index in [2.05, 4.69) is 116 Å². The van der Waals surface area contributed by atoms with Crippen LogP contribution in [0.1, 0.15) is 183 Å². The van der Waals surface area contributed by atoms with Crippen LogP contribution in [0.5, 0.6) is 0 Å². The minimum atomic E-state index is -1.74. The van der Waals surface area contributed by atoms with Crippen molar-refractivity contribution in [3.8, 4) is 0 Å². The van der Waals surface area contributed by atoms with Crippen molar-refractivity contribution >= 4 is 155 Å².